The molecule has 18 heavy (non-hydrogen) atoms. The summed E-state index contributed by atoms with van der Waals surface area (Å²) in [6.07, 6.45) is 4.14. The van der Waals surface area contributed by atoms with Crippen molar-refractivity contribution < 1.29 is 4.79 Å². The first-order valence-corrected chi connectivity index (χ1v) is 5.86. The molecular weight excluding hydrogens is 228 g/mol. The molecule has 0 aliphatic carbocycles. The number of nitrogens with two attached hydrogens (primary N) is 1. The van der Waals surface area contributed by atoms with Gasteiger partial charge in [-0.3, -0.25) is 10.2 Å². The highest BCUT2D eigenvalue weighted by Gasteiger charge is 2.20. The number of hydrazine groups is 1. The third-order valence-electron chi connectivity index (χ3n) is 2.87. The Labute approximate surface area is 106 Å². The van der Waals surface area contributed by atoms with Gasteiger partial charge in [0.1, 0.15) is 11.9 Å². The van der Waals surface area contributed by atoms with Crippen LogP contribution in [0, 0.1) is 0 Å². The molecule has 1 unspecified atom stereocenters. The van der Waals surface area contributed by atoms with Gasteiger partial charge in [-0.25, -0.2) is 10.8 Å². The summed E-state index contributed by atoms with van der Waals surface area (Å²) in [5, 5.41) is 0. The van der Waals surface area contributed by atoms with Gasteiger partial charge >= 0.3 is 0 Å². The summed E-state index contributed by atoms with van der Waals surface area (Å²) in [6.45, 7) is 1.94. The average molecular weight is 244 g/mol. The lowest BCUT2D eigenvalue weighted by atomic mass is 10.1. The van der Waals surface area contributed by atoms with Crippen LogP contribution in [-0.2, 0) is 4.79 Å². The fraction of sp³-hybridized carbons (Fsp3) is 0.231. The monoisotopic (exact) mass is 244 g/mol. The third kappa shape index (κ3) is 2.26. The first-order chi connectivity index (χ1) is 8.77. The Morgan fingerprint density at radius 1 is 1.44 bits per heavy atom. The molecular formula is C13H16N4O. The topological polar surface area (TPSA) is 72.9 Å². The van der Waals surface area contributed by atoms with Gasteiger partial charge in [-0.05, 0) is 6.42 Å². The molecule has 1 amide bonds. The van der Waals surface area contributed by atoms with Gasteiger partial charge in [0.25, 0.3) is 5.91 Å². The second kappa shape index (κ2) is 5.46. The van der Waals surface area contributed by atoms with Crippen LogP contribution in [0.15, 0.2) is 42.7 Å². The molecule has 3 N–H and O–H groups in total. The lowest BCUT2D eigenvalue weighted by molar-refractivity contribution is -0.124. The van der Waals surface area contributed by atoms with E-state index in [1.54, 1.807) is 12.4 Å². The molecule has 1 heterocycles. The number of carbonyl (C=O) groups is 1. The van der Waals surface area contributed by atoms with Gasteiger partial charge in [0.15, 0.2) is 0 Å². The van der Waals surface area contributed by atoms with Crippen LogP contribution in [0.5, 0.6) is 0 Å². The van der Waals surface area contributed by atoms with Gasteiger partial charge in [0.05, 0.1) is 0 Å². The maximum absolute atomic E-state index is 11.7. The van der Waals surface area contributed by atoms with E-state index in [2.05, 4.69) is 10.4 Å². The molecule has 0 bridgehead atoms. The van der Waals surface area contributed by atoms with Crippen LogP contribution in [0.4, 0.5) is 0 Å². The molecule has 2 rings (SSSR count). The molecule has 5 heteroatoms. The number of benzene rings is 1. The number of imidazole rings is 1. The highest BCUT2D eigenvalue weighted by Crippen LogP contribution is 2.22. The first kappa shape index (κ1) is 12.3. The third-order valence-corrected chi connectivity index (χ3v) is 2.87. The van der Waals surface area contributed by atoms with Gasteiger partial charge in [-0.2, -0.15) is 0 Å². The highest BCUT2D eigenvalue weighted by atomic mass is 16.2. The first-order valence-electron chi connectivity index (χ1n) is 5.86. The standard InChI is InChI=1S/C13H16N4O/c1-2-11(13(18)16-14)17-9-8-15-12(17)10-6-4-3-5-7-10/h3-9,11H,2,14H2,1H3,(H,16,18). The number of nitrogens with zero attached hydrogens (tertiary/aromatic N) is 2. The van der Waals surface area contributed by atoms with E-state index in [0.29, 0.717) is 6.42 Å². The summed E-state index contributed by atoms with van der Waals surface area (Å²) in [6, 6.07) is 9.42. The number of rotatable bonds is 4. The number of hydrogen-bond acceptors (Lipinski definition) is 3. The van der Waals surface area contributed by atoms with E-state index in [9.17, 15) is 4.79 Å². The zero-order valence-electron chi connectivity index (χ0n) is 10.2. The van der Waals surface area contributed by atoms with E-state index in [0.717, 1.165) is 11.4 Å². The van der Waals surface area contributed by atoms with Gasteiger partial charge in [-0.15, -0.1) is 0 Å². The van der Waals surface area contributed by atoms with E-state index in [1.807, 2.05) is 41.8 Å². The van der Waals surface area contributed by atoms with Crippen molar-refractivity contribution in [3.05, 3.63) is 42.7 Å². The maximum atomic E-state index is 11.7. The number of carbonyl (C=O) groups excluding carboxylic acids is 1. The molecule has 2 aromatic rings. The number of amides is 1. The molecule has 0 saturated carbocycles. The van der Waals surface area contributed by atoms with E-state index >= 15 is 0 Å². The van der Waals surface area contributed by atoms with Gasteiger partial charge in [-0.1, -0.05) is 37.3 Å². The summed E-state index contributed by atoms with van der Waals surface area (Å²) in [5.74, 6) is 5.76. The zero-order chi connectivity index (χ0) is 13.0. The Morgan fingerprint density at radius 3 is 2.78 bits per heavy atom. The molecule has 94 valence electrons. The van der Waals surface area contributed by atoms with Crippen molar-refractivity contribution in [1.29, 1.82) is 0 Å². The Balaban J connectivity index is 2.41. The minimum atomic E-state index is -0.340. The number of hydrogen-bond donors (Lipinski definition) is 2. The van der Waals surface area contributed by atoms with Crippen molar-refractivity contribution >= 4 is 5.91 Å². The number of nitrogens with one attached hydrogen (secondary N) is 1. The van der Waals surface area contributed by atoms with Crippen molar-refractivity contribution in [3.63, 3.8) is 0 Å². The van der Waals surface area contributed by atoms with Crippen LogP contribution in [0.2, 0.25) is 0 Å². The highest BCUT2D eigenvalue weighted by molar-refractivity contribution is 5.80. The summed E-state index contributed by atoms with van der Waals surface area (Å²) in [5.41, 5.74) is 3.17. The zero-order valence-corrected chi connectivity index (χ0v) is 10.2. The lowest BCUT2D eigenvalue weighted by Crippen LogP contribution is -2.37. The molecule has 0 aliphatic rings. The Kier molecular flexibility index (Phi) is 3.74. The van der Waals surface area contributed by atoms with Crippen molar-refractivity contribution in [2.24, 2.45) is 5.84 Å². The second-order valence-corrected chi connectivity index (χ2v) is 3.96. The van der Waals surface area contributed by atoms with E-state index in [-0.39, 0.29) is 11.9 Å². The summed E-state index contributed by atoms with van der Waals surface area (Å²) in [4.78, 5) is 16.1. The minimum absolute atomic E-state index is 0.215. The molecule has 1 aromatic carbocycles. The smallest absolute Gasteiger partial charge is 0.256 e. The van der Waals surface area contributed by atoms with Gasteiger partial charge in [0.2, 0.25) is 0 Å². The van der Waals surface area contributed by atoms with Crippen molar-refractivity contribution in [2.45, 2.75) is 19.4 Å². The average Bonchev–Trinajstić information content (AvgIpc) is 2.89. The Bertz CT molecular complexity index is 521. The quantitative estimate of drug-likeness (QED) is 0.486. The summed E-state index contributed by atoms with van der Waals surface area (Å²) >= 11 is 0. The van der Waals surface area contributed by atoms with E-state index in [1.165, 1.54) is 0 Å². The van der Waals surface area contributed by atoms with Crippen LogP contribution < -0.4 is 11.3 Å². The van der Waals surface area contributed by atoms with E-state index < -0.39 is 0 Å². The van der Waals surface area contributed by atoms with Crippen LogP contribution in [0.3, 0.4) is 0 Å². The maximum Gasteiger partial charge on any atom is 0.256 e. The molecule has 0 aliphatic heterocycles. The summed E-state index contributed by atoms with van der Waals surface area (Å²) < 4.78 is 1.84. The molecule has 0 saturated heterocycles. The van der Waals surface area contributed by atoms with Crippen LogP contribution in [0.25, 0.3) is 11.4 Å². The van der Waals surface area contributed by atoms with Crippen LogP contribution >= 0.6 is 0 Å². The van der Waals surface area contributed by atoms with Gasteiger partial charge in [0, 0.05) is 18.0 Å². The fourth-order valence-electron chi connectivity index (χ4n) is 1.98. The van der Waals surface area contributed by atoms with E-state index in [4.69, 9.17) is 5.84 Å². The fourth-order valence-corrected chi connectivity index (χ4v) is 1.98. The predicted molar refractivity (Wildman–Crippen MR) is 69.3 cm³/mol. The lowest BCUT2D eigenvalue weighted by Gasteiger charge is -2.17. The summed E-state index contributed by atoms with van der Waals surface area (Å²) in [7, 11) is 0. The van der Waals surface area contributed by atoms with Crippen molar-refractivity contribution in [3.8, 4) is 11.4 Å². The van der Waals surface area contributed by atoms with Crippen molar-refractivity contribution in [2.75, 3.05) is 0 Å². The Hall–Kier alpha value is -2.14. The largest absolute Gasteiger partial charge is 0.318 e. The molecule has 0 fully saturated rings. The molecule has 0 radical (unpaired) electrons. The molecule has 1 atom stereocenters. The second-order valence-electron chi connectivity index (χ2n) is 3.96. The van der Waals surface area contributed by atoms with Crippen molar-refractivity contribution in [1.82, 2.24) is 15.0 Å². The van der Waals surface area contributed by atoms with Crippen LogP contribution in [-0.4, -0.2) is 15.5 Å². The normalized spacial score (nSPS) is 12.1. The Morgan fingerprint density at radius 2 is 2.17 bits per heavy atom. The number of aromatic nitrogens is 2. The predicted octanol–water partition coefficient (Wildman–Crippen LogP) is 1.49. The van der Waals surface area contributed by atoms with Gasteiger partial charge < -0.3 is 4.57 Å². The minimum Gasteiger partial charge on any atom is -0.318 e. The SMILES string of the molecule is CCC(C(=O)NN)n1ccnc1-c1ccccc1. The molecule has 1 aromatic heterocycles. The van der Waals surface area contributed by atoms with Crippen LogP contribution in [0.1, 0.15) is 19.4 Å². The molecule has 5 nitrogen and oxygen atoms in total. The molecule has 0 spiro atoms.